The van der Waals surface area contributed by atoms with Crippen molar-refractivity contribution in [3.8, 4) is 22.8 Å². The molecule has 0 aromatic carbocycles. The van der Waals surface area contributed by atoms with Crippen molar-refractivity contribution in [3.63, 3.8) is 0 Å². The highest BCUT2D eigenvalue weighted by atomic mass is 16.5. The van der Waals surface area contributed by atoms with Crippen LogP contribution in [0.1, 0.15) is 0 Å². The van der Waals surface area contributed by atoms with Gasteiger partial charge in [-0.15, -0.1) is 0 Å². The first kappa shape index (κ1) is 15.2. The number of nitrogens with one attached hydrogen (secondary N) is 1. The molecular formula is C19H13N7O. The fraction of sp³-hybridized carbons (Fsp3) is 0. The van der Waals surface area contributed by atoms with Crippen molar-refractivity contribution in [3.05, 3.63) is 73.4 Å². The Balaban J connectivity index is 1.48. The first-order chi connectivity index (χ1) is 13.4. The van der Waals surface area contributed by atoms with E-state index < -0.39 is 0 Å². The molecule has 0 aliphatic rings. The number of fused-ring (bicyclic) bond motifs is 1. The molecular weight excluding hydrogens is 342 g/mol. The van der Waals surface area contributed by atoms with Gasteiger partial charge in [-0.05, 0) is 30.3 Å². The molecule has 5 aromatic rings. The van der Waals surface area contributed by atoms with Crippen LogP contribution in [0.15, 0.2) is 77.9 Å². The maximum atomic E-state index is 4.89. The summed E-state index contributed by atoms with van der Waals surface area (Å²) < 4.78 is 6.82. The molecule has 0 saturated carbocycles. The van der Waals surface area contributed by atoms with Crippen molar-refractivity contribution in [2.24, 2.45) is 0 Å². The average Bonchev–Trinajstić information content (AvgIpc) is 3.39. The van der Waals surface area contributed by atoms with Gasteiger partial charge in [-0.25, -0.2) is 19.9 Å². The Labute approximate surface area is 153 Å². The Morgan fingerprint density at radius 1 is 0.815 bits per heavy atom. The van der Waals surface area contributed by atoms with E-state index in [0.717, 1.165) is 22.9 Å². The number of rotatable bonds is 4. The normalized spacial score (nSPS) is 11.0. The molecule has 5 aromatic heterocycles. The highest BCUT2D eigenvalue weighted by Crippen LogP contribution is 2.22. The van der Waals surface area contributed by atoms with Crippen LogP contribution in [-0.4, -0.2) is 29.5 Å². The summed E-state index contributed by atoms with van der Waals surface area (Å²) in [5.74, 6) is 1.25. The lowest BCUT2D eigenvalue weighted by Crippen LogP contribution is -2.01. The van der Waals surface area contributed by atoms with Gasteiger partial charge in [0.15, 0.2) is 0 Å². The molecule has 0 radical (unpaired) electrons. The smallest absolute Gasteiger partial charge is 0.228 e. The van der Waals surface area contributed by atoms with Crippen molar-refractivity contribution in [2.45, 2.75) is 0 Å². The molecule has 8 nitrogen and oxygen atoms in total. The van der Waals surface area contributed by atoms with E-state index in [2.05, 4.69) is 30.4 Å². The monoisotopic (exact) mass is 355 g/mol. The zero-order valence-electron chi connectivity index (χ0n) is 14.0. The largest absolute Gasteiger partial charge is 0.364 e. The lowest BCUT2D eigenvalue weighted by Gasteiger charge is -2.06. The van der Waals surface area contributed by atoms with Gasteiger partial charge >= 0.3 is 0 Å². The molecule has 5 heterocycles. The molecule has 5 rings (SSSR count). The van der Waals surface area contributed by atoms with Gasteiger partial charge in [0.05, 0.1) is 23.3 Å². The van der Waals surface area contributed by atoms with Gasteiger partial charge in [0.25, 0.3) is 0 Å². The zero-order chi connectivity index (χ0) is 18.1. The number of hydrogen-bond donors (Lipinski definition) is 1. The van der Waals surface area contributed by atoms with E-state index in [1.807, 2.05) is 53.1 Å². The van der Waals surface area contributed by atoms with E-state index in [0.29, 0.717) is 17.3 Å². The minimum Gasteiger partial charge on any atom is -0.364 e. The molecule has 8 heteroatoms. The standard InChI is InChI=1S/C19H13N7O/c1-2-10-26-17(6-1)21-12-18(26)24-19-20-9-7-15(23-19)13-4-3-5-14(22-13)16-8-11-27-25-16/h1-12H,(H,20,23,24). The summed E-state index contributed by atoms with van der Waals surface area (Å²) in [5.41, 5.74) is 3.66. The maximum absolute atomic E-state index is 4.89. The van der Waals surface area contributed by atoms with E-state index in [9.17, 15) is 0 Å². The molecule has 1 N–H and O–H groups in total. The Bertz CT molecular complexity index is 1210. The Hall–Kier alpha value is -4.07. The lowest BCUT2D eigenvalue weighted by atomic mass is 10.2. The minimum absolute atomic E-state index is 0.465. The molecule has 0 fully saturated rings. The fourth-order valence-electron chi connectivity index (χ4n) is 2.77. The van der Waals surface area contributed by atoms with Crippen molar-refractivity contribution in [1.29, 1.82) is 0 Å². The first-order valence-electron chi connectivity index (χ1n) is 8.27. The van der Waals surface area contributed by atoms with E-state index >= 15 is 0 Å². The van der Waals surface area contributed by atoms with E-state index in [1.165, 1.54) is 6.26 Å². The van der Waals surface area contributed by atoms with E-state index in [1.54, 1.807) is 18.5 Å². The van der Waals surface area contributed by atoms with Gasteiger partial charge in [0.1, 0.15) is 23.4 Å². The van der Waals surface area contributed by atoms with Crippen molar-refractivity contribution in [1.82, 2.24) is 29.5 Å². The number of anilines is 2. The third-order valence-corrected chi connectivity index (χ3v) is 4.02. The second-order valence-electron chi connectivity index (χ2n) is 5.76. The van der Waals surface area contributed by atoms with E-state index in [-0.39, 0.29) is 0 Å². The Morgan fingerprint density at radius 2 is 1.70 bits per heavy atom. The van der Waals surface area contributed by atoms with Gasteiger partial charge < -0.3 is 9.84 Å². The van der Waals surface area contributed by atoms with Crippen molar-refractivity contribution in [2.75, 3.05) is 5.32 Å². The lowest BCUT2D eigenvalue weighted by molar-refractivity contribution is 0.422. The Kier molecular flexibility index (Phi) is 3.57. The second-order valence-corrected chi connectivity index (χ2v) is 5.76. The summed E-state index contributed by atoms with van der Waals surface area (Å²) in [6, 6.07) is 15.1. The summed E-state index contributed by atoms with van der Waals surface area (Å²) in [6.45, 7) is 0. The van der Waals surface area contributed by atoms with Crippen LogP contribution in [0.4, 0.5) is 11.8 Å². The van der Waals surface area contributed by atoms with Gasteiger partial charge in [0, 0.05) is 18.5 Å². The predicted molar refractivity (Wildman–Crippen MR) is 99.2 cm³/mol. The van der Waals surface area contributed by atoms with Crippen LogP contribution in [0.3, 0.4) is 0 Å². The van der Waals surface area contributed by atoms with Crippen molar-refractivity contribution >= 4 is 17.4 Å². The summed E-state index contributed by atoms with van der Waals surface area (Å²) in [5, 5.41) is 7.13. The highest BCUT2D eigenvalue weighted by molar-refractivity contribution is 5.63. The van der Waals surface area contributed by atoms with Crippen molar-refractivity contribution < 1.29 is 4.52 Å². The Morgan fingerprint density at radius 3 is 2.59 bits per heavy atom. The second kappa shape index (κ2) is 6.34. The van der Waals surface area contributed by atoms with Crippen LogP contribution in [-0.2, 0) is 0 Å². The van der Waals surface area contributed by atoms with Gasteiger partial charge in [-0.3, -0.25) is 4.40 Å². The zero-order valence-corrected chi connectivity index (χ0v) is 14.0. The minimum atomic E-state index is 0.465. The van der Waals surface area contributed by atoms with Gasteiger partial charge in [0.2, 0.25) is 5.95 Å². The van der Waals surface area contributed by atoms with E-state index in [4.69, 9.17) is 4.52 Å². The predicted octanol–water partition coefficient (Wildman–Crippen LogP) is 3.58. The molecule has 0 atom stereocenters. The molecule has 0 aliphatic carbocycles. The number of imidazole rings is 1. The average molecular weight is 355 g/mol. The number of aromatic nitrogens is 6. The number of hydrogen-bond acceptors (Lipinski definition) is 7. The third kappa shape index (κ3) is 2.89. The quantitative estimate of drug-likeness (QED) is 0.526. The van der Waals surface area contributed by atoms with Crippen LogP contribution in [0, 0.1) is 0 Å². The molecule has 0 spiro atoms. The SMILES string of the molecule is c1cc(-c2ccon2)nc(-c2ccnc(Nc3cnc4ccccn34)n2)c1. The molecule has 0 aliphatic heterocycles. The summed E-state index contributed by atoms with van der Waals surface area (Å²) >= 11 is 0. The van der Waals surface area contributed by atoms with Crippen LogP contribution in [0.2, 0.25) is 0 Å². The topological polar surface area (TPSA) is 94.0 Å². The van der Waals surface area contributed by atoms with Crippen LogP contribution >= 0.6 is 0 Å². The molecule has 27 heavy (non-hydrogen) atoms. The van der Waals surface area contributed by atoms with Crippen LogP contribution in [0.25, 0.3) is 28.4 Å². The molecule has 0 amide bonds. The fourth-order valence-corrected chi connectivity index (χ4v) is 2.77. The molecule has 0 unspecified atom stereocenters. The molecule has 0 saturated heterocycles. The van der Waals surface area contributed by atoms with Crippen LogP contribution < -0.4 is 5.32 Å². The number of pyridine rings is 2. The highest BCUT2D eigenvalue weighted by Gasteiger charge is 2.09. The summed E-state index contributed by atoms with van der Waals surface area (Å²) in [6.07, 6.45) is 6.89. The summed E-state index contributed by atoms with van der Waals surface area (Å²) in [4.78, 5) is 17.8. The number of nitrogens with zero attached hydrogens (tertiary/aromatic N) is 6. The van der Waals surface area contributed by atoms with Crippen LogP contribution in [0.5, 0.6) is 0 Å². The summed E-state index contributed by atoms with van der Waals surface area (Å²) in [7, 11) is 0. The van der Waals surface area contributed by atoms with Gasteiger partial charge in [-0.2, -0.15) is 0 Å². The van der Waals surface area contributed by atoms with Gasteiger partial charge in [-0.1, -0.05) is 17.3 Å². The third-order valence-electron chi connectivity index (χ3n) is 4.02. The molecule has 130 valence electrons. The molecule has 0 bridgehead atoms. The maximum Gasteiger partial charge on any atom is 0.228 e. The first-order valence-corrected chi connectivity index (χ1v) is 8.27.